The average molecular weight is 400 g/mol. The van der Waals surface area contributed by atoms with Crippen molar-refractivity contribution in [1.82, 2.24) is 9.97 Å². The lowest BCUT2D eigenvalue weighted by Gasteiger charge is -2.13. The zero-order chi connectivity index (χ0) is 14.5. The summed E-state index contributed by atoms with van der Waals surface area (Å²) in [7, 11) is 0. The molecule has 0 aliphatic carbocycles. The van der Waals surface area contributed by atoms with Gasteiger partial charge in [-0.1, -0.05) is 22.9 Å². The highest BCUT2D eigenvalue weighted by atomic mass is 79.9. The topological polar surface area (TPSA) is 49.8 Å². The molecular formula is C14H16Br2N4. The van der Waals surface area contributed by atoms with Crippen LogP contribution in [0.2, 0.25) is 0 Å². The van der Waals surface area contributed by atoms with E-state index in [0.717, 1.165) is 39.2 Å². The van der Waals surface area contributed by atoms with Crippen LogP contribution in [-0.2, 0) is 6.42 Å². The van der Waals surface area contributed by atoms with Gasteiger partial charge >= 0.3 is 0 Å². The zero-order valence-electron chi connectivity index (χ0n) is 11.4. The van der Waals surface area contributed by atoms with Crippen LogP contribution in [0.15, 0.2) is 33.5 Å². The van der Waals surface area contributed by atoms with Crippen LogP contribution in [0.4, 0.5) is 17.3 Å². The Hall–Kier alpha value is -1.14. The molecule has 0 amide bonds. The molecule has 0 saturated carbocycles. The SMILES string of the molecule is CCNc1ncnc(Nc2ccc(Br)cc2CC)c1Br. The molecule has 0 bridgehead atoms. The molecule has 106 valence electrons. The van der Waals surface area contributed by atoms with E-state index in [0.29, 0.717) is 0 Å². The molecule has 1 aromatic carbocycles. The van der Waals surface area contributed by atoms with Gasteiger partial charge in [0.2, 0.25) is 0 Å². The normalized spacial score (nSPS) is 10.4. The Labute approximate surface area is 135 Å². The summed E-state index contributed by atoms with van der Waals surface area (Å²) in [6.45, 7) is 4.98. The van der Waals surface area contributed by atoms with E-state index in [1.807, 2.05) is 19.1 Å². The van der Waals surface area contributed by atoms with Crippen LogP contribution in [0.3, 0.4) is 0 Å². The van der Waals surface area contributed by atoms with Gasteiger partial charge in [-0.15, -0.1) is 0 Å². The maximum absolute atomic E-state index is 4.29. The highest BCUT2D eigenvalue weighted by Crippen LogP contribution is 2.31. The van der Waals surface area contributed by atoms with Gasteiger partial charge in [-0.2, -0.15) is 0 Å². The molecule has 4 nitrogen and oxygen atoms in total. The maximum atomic E-state index is 4.29. The molecule has 1 aromatic heterocycles. The first-order valence-electron chi connectivity index (χ1n) is 6.45. The predicted molar refractivity (Wildman–Crippen MR) is 90.7 cm³/mol. The molecule has 0 aliphatic heterocycles. The summed E-state index contributed by atoms with van der Waals surface area (Å²) in [6.07, 6.45) is 2.50. The quantitative estimate of drug-likeness (QED) is 0.762. The van der Waals surface area contributed by atoms with E-state index in [2.05, 4.69) is 65.5 Å². The fraction of sp³-hybridized carbons (Fsp3) is 0.286. The Kier molecular flexibility index (Phi) is 5.37. The minimum atomic E-state index is 0.757. The Balaban J connectivity index is 2.33. The first-order chi connectivity index (χ1) is 9.65. The van der Waals surface area contributed by atoms with Gasteiger partial charge in [0.25, 0.3) is 0 Å². The lowest BCUT2D eigenvalue weighted by atomic mass is 10.1. The van der Waals surface area contributed by atoms with Gasteiger partial charge in [0, 0.05) is 16.7 Å². The third kappa shape index (κ3) is 3.49. The Bertz CT molecular complexity index is 602. The summed E-state index contributed by atoms with van der Waals surface area (Å²) in [5, 5.41) is 6.55. The van der Waals surface area contributed by atoms with Gasteiger partial charge < -0.3 is 10.6 Å². The number of aryl methyl sites for hydroxylation is 1. The second kappa shape index (κ2) is 7.04. The van der Waals surface area contributed by atoms with Crippen LogP contribution in [0.1, 0.15) is 19.4 Å². The summed E-state index contributed by atoms with van der Waals surface area (Å²) >= 11 is 7.04. The second-order valence-corrected chi connectivity index (χ2v) is 5.90. The molecule has 0 fully saturated rings. The number of benzene rings is 1. The van der Waals surface area contributed by atoms with E-state index < -0.39 is 0 Å². The van der Waals surface area contributed by atoms with E-state index in [9.17, 15) is 0 Å². The van der Waals surface area contributed by atoms with Crippen molar-refractivity contribution < 1.29 is 0 Å². The lowest BCUT2D eigenvalue weighted by Crippen LogP contribution is -2.04. The molecule has 2 rings (SSSR count). The van der Waals surface area contributed by atoms with Gasteiger partial charge in [0.1, 0.15) is 22.4 Å². The third-order valence-corrected chi connectivity index (χ3v) is 4.08. The van der Waals surface area contributed by atoms with Crippen molar-refractivity contribution in [2.45, 2.75) is 20.3 Å². The van der Waals surface area contributed by atoms with Gasteiger partial charge in [-0.05, 0) is 53.0 Å². The predicted octanol–water partition coefficient (Wildman–Crippen LogP) is 4.74. The first kappa shape index (κ1) is 15.3. The number of hydrogen-bond donors (Lipinski definition) is 2. The molecule has 1 heterocycles. The lowest BCUT2D eigenvalue weighted by molar-refractivity contribution is 1.09. The molecule has 0 radical (unpaired) electrons. The fourth-order valence-corrected chi connectivity index (χ4v) is 2.70. The number of halogens is 2. The van der Waals surface area contributed by atoms with Crippen LogP contribution in [0.25, 0.3) is 0 Å². The molecule has 6 heteroatoms. The summed E-state index contributed by atoms with van der Waals surface area (Å²) in [5.41, 5.74) is 2.28. The maximum Gasteiger partial charge on any atom is 0.150 e. The standard InChI is InChI=1S/C14H16Br2N4/c1-3-9-7-10(15)5-6-11(9)20-14-12(16)13(17-4-2)18-8-19-14/h5-8H,3-4H2,1-2H3,(H2,17,18,19,20). The summed E-state index contributed by atoms with van der Waals surface area (Å²) in [6, 6.07) is 6.18. The zero-order valence-corrected chi connectivity index (χ0v) is 14.5. The molecule has 20 heavy (non-hydrogen) atoms. The largest absolute Gasteiger partial charge is 0.369 e. The number of rotatable bonds is 5. The van der Waals surface area contributed by atoms with Crippen molar-refractivity contribution in [2.24, 2.45) is 0 Å². The molecule has 0 saturated heterocycles. The van der Waals surface area contributed by atoms with E-state index in [1.165, 1.54) is 5.56 Å². The molecule has 0 unspecified atom stereocenters. The van der Waals surface area contributed by atoms with Crippen molar-refractivity contribution >= 4 is 49.2 Å². The number of aromatic nitrogens is 2. The van der Waals surface area contributed by atoms with Crippen LogP contribution < -0.4 is 10.6 Å². The van der Waals surface area contributed by atoms with E-state index >= 15 is 0 Å². The van der Waals surface area contributed by atoms with Gasteiger partial charge in [0.05, 0.1) is 0 Å². The summed E-state index contributed by atoms with van der Waals surface area (Å²) < 4.78 is 1.92. The Morgan fingerprint density at radius 1 is 1.10 bits per heavy atom. The summed E-state index contributed by atoms with van der Waals surface area (Å²) in [5.74, 6) is 1.55. The van der Waals surface area contributed by atoms with Crippen molar-refractivity contribution in [3.8, 4) is 0 Å². The van der Waals surface area contributed by atoms with E-state index in [4.69, 9.17) is 0 Å². The number of nitrogens with one attached hydrogen (secondary N) is 2. The molecule has 2 N–H and O–H groups in total. The number of hydrogen-bond acceptors (Lipinski definition) is 4. The highest BCUT2D eigenvalue weighted by molar-refractivity contribution is 9.11. The minimum absolute atomic E-state index is 0.757. The molecular weight excluding hydrogens is 384 g/mol. The van der Waals surface area contributed by atoms with E-state index in [1.54, 1.807) is 6.33 Å². The molecule has 2 aromatic rings. The van der Waals surface area contributed by atoms with Crippen molar-refractivity contribution in [3.05, 3.63) is 39.0 Å². The van der Waals surface area contributed by atoms with Crippen LogP contribution in [-0.4, -0.2) is 16.5 Å². The smallest absolute Gasteiger partial charge is 0.150 e. The van der Waals surface area contributed by atoms with Crippen molar-refractivity contribution in [3.63, 3.8) is 0 Å². The fourth-order valence-electron chi connectivity index (χ4n) is 1.85. The van der Waals surface area contributed by atoms with Crippen molar-refractivity contribution in [1.29, 1.82) is 0 Å². The van der Waals surface area contributed by atoms with E-state index in [-0.39, 0.29) is 0 Å². The third-order valence-electron chi connectivity index (χ3n) is 2.83. The van der Waals surface area contributed by atoms with Crippen LogP contribution in [0, 0.1) is 0 Å². The van der Waals surface area contributed by atoms with Crippen LogP contribution in [0.5, 0.6) is 0 Å². The summed E-state index contributed by atoms with van der Waals surface area (Å²) in [4.78, 5) is 8.50. The monoisotopic (exact) mass is 398 g/mol. The number of nitrogens with zero attached hydrogens (tertiary/aromatic N) is 2. The Morgan fingerprint density at radius 3 is 2.55 bits per heavy atom. The molecule has 0 spiro atoms. The highest BCUT2D eigenvalue weighted by Gasteiger charge is 2.10. The minimum Gasteiger partial charge on any atom is -0.369 e. The van der Waals surface area contributed by atoms with Gasteiger partial charge in [-0.25, -0.2) is 9.97 Å². The Morgan fingerprint density at radius 2 is 1.85 bits per heavy atom. The van der Waals surface area contributed by atoms with Crippen LogP contribution >= 0.6 is 31.9 Å². The number of anilines is 3. The first-order valence-corrected chi connectivity index (χ1v) is 8.04. The average Bonchev–Trinajstić information content (AvgIpc) is 2.45. The van der Waals surface area contributed by atoms with Crippen molar-refractivity contribution in [2.75, 3.05) is 17.2 Å². The molecule has 0 atom stereocenters. The van der Waals surface area contributed by atoms with Gasteiger partial charge in [0.15, 0.2) is 0 Å². The second-order valence-electron chi connectivity index (χ2n) is 4.20. The molecule has 0 aliphatic rings. The van der Waals surface area contributed by atoms with Gasteiger partial charge in [-0.3, -0.25) is 0 Å².